The number of hydrogen-bond acceptors (Lipinski definition) is 3. The number of halogens is 3. The van der Waals surface area contributed by atoms with Gasteiger partial charge in [-0.2, -0.15) is 0 Å². The summed E-state index contributed by atoms with van der Waals surface area (Å²) in [6.45, 7) is 2.59. The lowest BCUT2D eigenvalue weighted by molar-refractivity contribution is 0.498. The van der Waals surface area contributed by atoms with Crippen LogP contribution in [0.1, 0.15) is 24.2 Å². The van der Waals surface area contributed by atoms with E-state index in [1.165, 1.54) is 6.07 Å². The largest absolute Gasteiger partial charge is 0.305 e. The van der Waals surface area contributed by atoms with E-state index in [-0.39, 0.29) is 10.5 Å². The summed E-state index contributed by atoms with van der Waals surface area (Å²) in [6.07, 6.45) is 4.72. The Balaban J connectivity index is 2.49. The highest BCUT2D eigenvalue weighted by atomic mass is 79.9. The fraction of sp³-hybridized carbons (Fsp3) is 0.231. The summed E-state index contributed by atoms with van der Waals surface area (Å²) in [5, 5.41) is 3.18. The van der Waals surface area contributed by atoms with E-state index in [9.17, 15) is 8.78 Å². The van der Waals surface area contributed by atoms with Crippen LogP contribution in [0.5, 0.6) is 0 Å². The molecule has 3 nitrogen and oxygen atoms in total. The molecule has 0 radical (unpaired) electrons. The lowest BCUT2D eigenvalue weighted by Gasteiger charge is -2.19. The van der Waals surface area contributed by atoms with E-state index < -0.39 is 11.6 Å². The van der Waals surface area contributed by atoms with Gasteiger partial charge >= 0.3 is 0 Å². The zero-order chi connectivity index (χ0) is 13.8. The van der Waals surface area contributed by atoms with Crippen molar-refractivity contribution in [2.75, 3.05) is 6.54 Å². The summed E-state index contributed by atoms with van der Waals surface area (Å²) in [4.78, 5) is 8.20. The summed E-state index contributed by atoms with van der Waals surface area (Å²) in [6, 6.07) is 2.30. The molecule has 0 aliphatic carbocycles. The van der Waals surface area contributed by atoms with Crippen molar-refractivity contribution in [3.8, 4) is 0 Å². The molecule has 0 spiro atoms. The molecule has 2 rings (SSSR count). The van der Waals surface area contributed by atoms with Gasteiger partial charge < -0.3 is 5.32 Å². The Bertz CT molecular complexity index is 563. The van der Waals surface area contributed by atoms with Gasteiger partial charge in [-0.25, -0.2) is 8.78 Å². The number of benzene rings is 1. The Hall–Kier alpha value is -1.40. The topological polar surface area (TPSA) is 37.8 Å². The normalized spacial score (nSPS) is 12.4. The monoisotopic (exact) mass is 327 g/mol. The molecule has 0 saturated heterocycles. The summed E-state index contributed by atoms with van der Waals surface area (Å²) in [5.74, 6) is -1.78. The second-order valence-corrected chi connectivity index (χ2v) is 4.68. The summed E-state index contributed by atoms with van der Waals surface area (Å²) in [7, 11) is 0. The second-order valence-electron chi connectivity index (χ2n) is 3.89. The first-order valence-corrected chi connectivity index (χ1v) is 6.57. The first-order chi connectivity index (χ1) is 9.15. The zero-order valence-electron chi connectivity index (χ0n) is 10.2. The van der Waals surface area contributed by atoms with Gasteiger partial charge in [-0.15, -0.1) is 0 Å². The van der Waals surface area contributed by atoms with Crippen LogP contribution in [-0.2, 0) is 0 Å². The minimum atomic E-state index is -0.899. The number of aromatic nitrogens is 2. The van der Waals surface area contributed by atoms with Gasteiger partial charge in [-0.3, -0.25) is 9.97 Å². The third-order valence-electron chi connectivity index (χ3n) is 2.66. The predicted molar refractivity (Wildman–Crippen MR) is 71.6 cm³/mol. The van der Waals surface area contributed by atoms with Crippen molar-refractivity contribution in [3.05, 3.63) is 58.1 Å². The minimum Gasteiger partial charge on any atom is -0.305 e. The average Bonchev–Trinajstić information content (AvgIpc) is 2.44. The molecule has 0 aliphatic rings. The van der Waals surface area contributed by atoms with E-state index in [0.29, 0.717) is 17.8 Å². The van der Waals surface area contributed by atoms with E-state index in [1.807, 2.05) is 6.92 Å². The van der Waals surface area contributed by atoms with Crippen molar-refractivity contribution in [2.45, 2.75) is 13.0 Å². The van der Waals surface area contributed by atoms with E-state index in [0.717, 1.165) is 6.07 Å². The smallest absolute Gasteiger partial charge is 0.173 e. The van der Waals surface area contributed by atoms with E-state index in [4.69, 9.17) is 0 Å². The van der Waals surface area contributed by atoms with Crippen LogP contribution in [0.15, 0.2) is 35.2 Å². The van der Waals surface area contributed by atoms with Gasteiger partial charge in [0.05, 0.1) is 22.4 Å². The predicted octanol–water partition coefficient (Wildman–Crippen LogP) is 3.22. The molecule has 0 bridgehead atoms. The Morgan fingerprint density at radius 2 is 2.11 bits per heavy atom. The highest BCUT2D eigenvalue weighted by Gasteiger charge is 2.21. The Labute approximate surface area is 118 Å². The van der Waals surface area contributed by atoms with Crippen LogP contribution < -0.4 is 5.32 Å². The molecule has 0 fully saturated rings. The molecule has 19 heavy (non-hydrogen) atoms. The van der Waals surface area contributed by atoms with Crippen molar-refractivity contribution >= 4 is 15.9 Å². The van der Waals surface area contributed by atoms with Crippen LogP contribution in [0.2, 0.25) is 0 Å². The second kappa shape index (κ2) is 6.16. The maximum Gasteiger partial charge on any atom is 0.173 e. The first kappa shape index (κ1) is 14.0. The molecule has 2 aromatic rings. The van der Waals surface area contributed by atoms with Gasteiger partial charge in [0.2, 0.25) is 0 Å². The van der Waals surface area contributed by atoms with Crippen molar-refractivity contribution in [1.82, 2.24) is 15.3 Å². The van der Waals surface area contributed by atoms with Crippen molar-refractivity contribution in [3.63, 3.8) is 0 Å². The van der Waals surface area contributed by atoms with Gasteiger partial charge in [0.25, 0.3) is 0 Å². The molecule has 6 heteroatoms. The number of hydrogen-bond donors (Lipinski definition) is 1. The molecule has 100 valence electrons. The fourth-order valence-corrected chi connectivity index (χ4v) is 2.35. The van der Waals surface area contributed by atoms with Crippen LogP contribution in [-0.4, -0.2) is 16.5 Å². The maximum absolute atomic E-state index is 13.6. The SMILES string of the molecule is CCNC(c1cnccn1)c1ccc(F)c(F)c1Br. The average molecular weight is 328 g/mol. The van der Waals surface area contributed by atoms with Crippen LogP contribution >= 0.6 is 15.9 Å². The third-order valence-corrected chi connectivity index (χ3v) is 3.47. The fourth-order valence-electron chi connectivity index (χ4n) is 1.80. The zero-order valence-corrected chi connectivity index (χ0v) is 11.8. The summed E-state index contributed by atoms with van der Waals surface area (Å²) in [5.41, 5.74) is 1.23. The Morgan fingerprint density at radius 3 is 2.74 bits per heavy atom. The van der Waals surface area contributed by atoms with Crippen LogP contribution in [0.25, 0.3) is 0 Å². The lowest BCUT2D eigenvalue weighted by atomic mass is 10.0. The first-order valence-electron chi connectivity index (χ1n) is 5.77. The maximum atomic E-state index is 13.6. The number of nitrogens with zero attached hydrogens (tertiary/aromatic N) is 2. The van der Waals surface area contributed by atoms with Gasteiger partial charge in [0.15, 0.2) is 11.6 Å². The molecular formula is C13H12BrF2N3. The summed E-state index contributed by atoms with van der Waals surface area (Å²) < 4.78 is 26.9. The lowest BCUT2D eigenvalue weighted by Crippen LogP contribution is -2.23. The molecule has 1 aromatic carbocycles. The van der Waals surface area contributed by atoms with E-state index in [1.54, 1.807) is 18.6 Å². The van der Waals surface area contributed by atoms with Gasteiger partial charge in [0, 0.05) is 12.4 Å². The minimum absolute atomic E-state index is 0.101. The highest BCUT2D eigenvalue weighted by Crippen LogP contribution is 2.30. The van der Waals surface area contributed by atoms with Gasteiger partial charge in [-0.05, 0) is 34.1 Å². The van der Waals surface area contributed by atoms with Crippen LogP contribution in [0.3, 0.4) is 0 Å². The molecule has 0 aliphatic heterocycles. The molecule has 1 N–H and O–H groups in total. The quantitative estimate of drug-likeness (QED) is 0.876. The number of rotatable bonds is 4. The van der Waals surface area contributed by atoms with Crippen LogP contribution in [0, 0.1) is 11.6 Å². The molecule has 0 amide bonds. The van der Waals surface area contributed by atoms with E-state index >= 15 is 0 Å². The highest BCUT2D eigenvalue weighted by molar-refractivity contribution is 9.10. The molecule has 1 atom stereocenters. The Morgan fingerprint density at radius 1 is 1.32 bits per heavy atom. The Kier molecular flexibility index (Phi) is 4.55. The third kappa shape index (κ3) is 2.96. The van der Waals surface area contributed by atoms with Gasteiger partial charge in [0.1, 0.15) is 0 Å². The van der Waals surface area contributed by atoms with Crippen molar-refractivity contribution < 1.29 is 8.78 Å². The van der Waals surface area contributed by atoms with Crippen molar-refractivity contribution in [2.24, 2.45) is 0 Å². The van der Waals surface area contributed by atoms with Gasteiger partial charge in [-0.1, -0.05) is 13.0 Å². The standard InChI is InChI=1S/C13H12BrF2N3/c1-2-18-13(10-7-17-5-6-19-10)8-3-4-9(15)12(16)11(8)14/h3-7,13,18H,2H2,1H3. The molecule has 1 aromatic heterocycles. The summed E-state index contributed by atoms with van der Waals surface area (Å²) >= 11 is 3.10. The molecule has 1 heterocycles. The molecular weight excluding hydrogens is 316 g/mol. The van der Waals surface area contributed by atoms with Crippen molar-refractivity contribution in [1.29, 1.82) is 0 Å². The molecule has 0 saturated carbocycles. The molecule has 1 unspecified atom stereocenters. The van der Waals surface area contributed by atoms with Crippen LogP contribution in [0.4, 0.5) is 8.78 Å². The number of nitrogens with one attached hydrogen (secondary N) is 1. The van der Waals surface area contributed by atoms with E-state index in [2.05, 4.69) is 31.2 Å².